The number of carbonyl (C=O) groups is 2. The van der Waals surface area contributed by atoms with Gasteiger partial charge in [0.05, 0.1) is 0 Å². The predicted molar refractivity (Wildman–Crippen MR) is 223 cm³/mol. The number of aliphatic carboxylic acids is 1. The van der Waals surface area contributed by atoms with Gasteiger partial charge in [-0.05, 0) is 38.5 Å². The number of unbranched alkanes of at least 4 members (excludes halogenated alkanes) is 35. The van der Waals surface area contributed by atoms with E-state index in [1.54, 1.807) is 0 Å². The van der Waals surface area contributed by atoms with Gasteiger partial charge < -0.3 is 9.84 Å². The van der Waals surface area contributed by atoms with Crippen molar-refractivity contribution in [1.29, 1.82) is 0 Å². The molecule has 0 saturated heterocycles. The second kappa shape index (κ2) is 43.3. The molecule has 0 spiro atoms. The monoisotopic (exact) mass is 721 g/mol. The maximum Gasteiger partial charge on any atom is 0.306 e. The third-order valence-corrected chi connectivity index (χ3v) is 11.1. The lowest BCUT2D eigenvalue weighted by Crippen LogP contribution is -2.18. The molecular formula is C47H92O4. The molecule has 0 aromatic rings. The van der Waals surface area contributed by atoms with E-state index in [4.69, 9.17) is 9.84 Å². The average Bonchev–Trinajstić information content (AvgIpc) is 3.12. The first-order valence-electron chi connectivity index (χ1n) is 23.5. The molecule has 0 rings (SSSR count). The largest absolute Gasteiger partial charge is 0.481 e. The van der Waals surface area contributed by atoms with E-state index in [-0.39, 0.29) is 18.5 Å². The highest BCUT2D eigenvalue weighted by atomic mass is 16.5. The molecule has 4 nitrogen and oxygen atoms in total. The summed E-state index contributed by atoms with van der Waals surface area (Å²) in [5.41, 5.74) is 0. The molecule has 0 aromatic heterocycles. The maximum absolute atomic E-state index is 12.7. The highest BCUT2D eigenvalue weighted by molar-refractivity contribution is 5.69. The molecule has 0 fully saturated rings. The van der Waals surface area contributed by atoms with Gasteiger partial charge in [-0.25, -0.2) is 0 Å². The zero-order chi connectivity index (χ0) is 37.1. The molecule has 4 heteroatoms. The molecule has 1 unspecified atom stereocenters. The van der Waals surface area contributed by atoms with Gasteiger partial charge in [0, 0.05) is 12.8 Å². The first-order valence-corrected chi connectivity index (χ1v) is 23.5. The van der Waals surface area contributed by atoms with E-state index in [1.165, 1.54) is 193 Å². The van der Waals surface area contributed by atoms with Crippen molar-refractivity contribution in [3.63, 3.8) is 0 Å². The molecule has 304 valence electrons. The Bertz CT molecular complexity index is 692. The Morgan fingerprint density at radius 2 is 0.588 bits per heavy atom. The van der Waals surface area contributed by atoms with Gasteiger partial charge in [-0.15, -0.1) is 0 Å². The second-order valence-corrected chi connectivity index (χ2v) is 16.3. The van der Waals surface area contributed by atoms with Crippen molar-refractivity contribution in [2.75, 3.05) is 0 Å². The number of esters is 1. The zero-order valence-electron chi connectivity index (χ0n) is 34.9. The first kappa shape index (κ1) is 49.9. The maximum atomic E-state index is 12.7. The smallest absolute Gasteiger partial charge is 0.306 e. The summed E-state index contributed by atoms with van der Waals surface area (Å²) < 4.78 is 6.04. The number of hydrogen-bond donors (Lipinski definition) is 1. The van der Waals surface area contributed by atoms with Crippen molar-refractivity contribution in [3.05, 3.63) is 0 Å². The molecule has 0 bridgehead atoms. The normalized spacial score (nSPS) is 12.0. The van der Waals surface area contributed by atoms with Gasteiger partial charge in [0.15, 0.2) is 0 Å². The Balaban J connectivity index is 3.85. The molecule has 0 amide bonds. The Labute approximate surface area is 320 Å². The molecule has 0 heterocycles. The number of rotatable bonds is 44. The SMILES string of the molecule is CCCCCCCCCCCCCCCCCCCCCCCC(=O)OC(CCCCCCCCCCCCCC)CCCCCCCC(=O)O. The summed E-state index contributed by atoms with van der Waals surface area (Å²) in [5, 5.41) is 8.84. The van der Waals surface area contributed by atoms with Crippen LogP contribution in [0.25, 0.3) is 0 Å². The Hall–Kier alpha value is -1.06. The van der Waals surface area contributed by atoms with Gasteiger partial charge in [0.1, 0.15) is 6.10 Å². The highest BCUT2D eigenvalue weighted by Crippen LogP contribution is 2.20. The fourth-order valence-electron chi connectivity index (χ4n) is 7.60. The minimum absolute atomic E-state index is 0.0122. The van der Waals surface area contributed by atoms with Gasteiger partial charge >= 0.3 is 11.9 Å². The lowest BCUT2D eigenvalue weighted by Gasteiger charge is -2.18. The van der Waals surface area contributed by atoms with Gasteiger partial charge in [0.2, 0.25) is 0 Å². The fourth-order valence-corrected chi connectivity index (χ4v) is 7.60. The minimum Gasteiger partial charge on any atom is -0.481 e. The second-order valence-electron chi connectivity index (χ2n) is 16.3. The Morgan fingerprint density at radius 3 is 0.863 bits per heavy atom. The van der Waals surface area contributed by atoms with E-state index >= 15 is 0 Å². The third-order valence-electron chi connectivity index (χ3n) is 11.1. The van der Waals surface area contributed by atoms with Crippen LogP contribution in [0, 0.1) is 0 Å². The van der Waals surface area contributed by atoms with Crippen molar-refractivity contribution >= 4 is 11.9 Å². The standard InChI is InChI=1S/C47H92O4/c1-3-5-7-9-11-13-15-17-18-19-20-21-22-23-24-25-27-29-31-36-40-44-47(50)51-45(42-38-34-32-35-39-43-46(48)49)41-37-33-30-28-26-16-14-12-10-8-6-4-2/h45H,3-44H2,1-2H3,(H,48,49). The van der Waals surface area contributed by atoms with Gasteiger partial charge in [-0.3, -0.25) is 9.59 Å². The molecule has 0 aliphatic rings. The minimum atomic E-state index is -0.695. The quantitative estimate of drug-likeness (QED) is 0.0503. The van der Waals surface area contributed by atoms with Crippen LogP contribution < -0.4 is 0 Å². The van der Waals surface area contributed by atoms with Crippen LogP contribution in [0.15, 0.2) is 0 Å². The van der Waals surface area contributed by atoms with Crippen LogP contribution >= 0.6 is 0 Å². The summed E-state index contributed by atoms with van der Waals surface area (Å²) in [5.74, 6) is -0.682. The molecule has 0 aromatic carbocycles. The summed E-state index contributed by atoms with van der Waals surface area (Å²) in [6.07, 6.45) is 52.9. The summed E-state index contributed by atoms with van der Waals surface area (Å²) in [4.78, 5) is 23.5. The van der Waals surface area contributed by atoms with Gasteiger partial charge in [-0.1, -0.05) is 232 Å². The van der Waals surface area contributed by atoms with Crippen molar-refractivity contribution in [2.24, 2.45) is 0 Å². The molecule has 0 aliphatic carbocycles. The van der Waals surface area contributed by atoms with E-state index in [0.717, 1.165) is 64.2 Å². The van der Waals surface area contributed by atoms with E-state index in [2.05, 4.69) is 13.8 Å². The molecule has 51 heavy (non-hydrogen) atoms. The molecule has 1 N–H and O–H groups in total. The van der Waals surface area contributed by atoms with E-state index in [0.29, 0.717) is 6.42 Å². The third kappa shape index (κ3) is 43.2. The number of hydrogen-bond acceptors (Lipinski definition) is 3. The molecule has 1 atom stereocenters. The summed E-state index contributed by atoms with van der Waals surface area (Å²) in [6, 6.07) is 0. The van der Waals surface area contributed by atoms with Crippen molar-refractivity contribution < 1.29 is 19.4 Å². The van der Waals surface area contributed by atoms with E-state index in [9.17, 15) is 9.59 Å². The Morgan fingerprint density at radius 1 is 0.353 bits per heavy atom. The summed E-state index contributed by atoms with van der Waals surface area (Å²) in [7, 11) is 0. The van der Waals surface area contributed by atoms with Crippen LogP contribution in [-0.4, -0.2) is 23.1 Å². The topological polar surface area (TPSA) is 63.6 Å². The summed E-state index contributed by atoms with van der Waals surface area (Å²) in [6.45, 7) is 4.58. The average molecular weight is 721 g/mol. The molecule has 0 aliphatic heterocycles. The number of carboxylic acids is 1. The predicted octanol–water partition coefficient (Wildman–Crippen LogP) is 16.4. The van der Waals surface area contributed by atoms with Crippen LogP contribution in [0.3, 0.4) is 0 Å². The van der Waals surface area contributed by atoms with Crippen molar-refractivity contribution in [3.8, 4) is 0 Å². The van der Waals surface area contributed by atoms with Crippen LogP contribution in [-0.2, 0) is 14.3 Å². The summed E-state index contributed by atoms with van der Waals surface area (Å²) >= 11 is 0. The van der Waals surface area contributed by atoms with Crippen molar-refractivity contribution in [2.45, 2.75) is 290 Å². The Kier molecular flexibility index (Phi) is 42.4. The van der Waals surface area contributed by atoms with Crippen LogP contribution in [0.1, 0.15) is 284 Å². The number of carboxylic acid groups (broad SMARTS) is 1. The first-order chi connectivity index (χ1) is 25.1. The molecule has 0 saturated carbocycles. The highest BCUT2D eigenvalue weighted by Gasteiger charge is 2.14. The lowest BCUT2D eigenvalue weighted by molar-refractivity contribution is -0.150. The zero-order valence-corrected chi connectivity index (χ0v) is 34.9. The number of ether oxygens (including phenoxy) is 1. The van der Waals surface area contributed by atoms with Gasteiger partial charge in [0.25, 0.3) is 0 Å². The number of carbonyl (C=O) groups excluding carboxylic acids is 1. The van der Waals surface area contributed by atoms with Crippen LogP contribution in [0.4, 0.5) is 0 Å². The van der Waals surface area contributed by atoms with E-state index < -0.39 is 5.97 Å². The van der Waals surface area contributed by atoms with Crippen molar-refractivity contribution in [1.82, 2.24) is 0 Å². The van der Waals surface area contributed by atoms with Gasteiger partial charge in [-0.2, -0.15) is 0 Å². The lowest BCUT2D eigenvalue weighted by atomic mass is 10.0. The van der Waals surface area contributed by atoms with E-state index in [1.807, 2.05) is 0 Å². The van der Waals surface area contributed by atoms with Crippen LogP contribution in [0.2, 0.25) is 0 Å². The molecular weight excluding hydrogens is 629 g/mol. The van der Waals surface area contributed by atoms with Crippen LogP contribution in [0.5, 0.6) is 0 Å². The fraction of sp³-hybridized carbons (Fsp3) is 0.957. The molecule has 0 radical (unpaired) electrons.